The Morgan fingerprint density at radius 3 is 2.46 bits per heavy atom. The highest BCUT2D eigenvalue weighted by Gasteiger charge is 2.27. The van der Waals surface area contributed by atoms with E-state index in [9.17, 15) is 29.9 Å². The number of nitro groups is 1. The molecule has 0 spiro atoms. The summed E-state index contributed by atoms with van der Waals surface area (Å²) in [5.74, 6) is -2.11. The predicted molar refractivity (Wildman–Crippen MR) is 84.3 cm³/mol. The van der Waals surface area contributed by atoms with E-state index in [-0.39, 0.29) is 10.6 Å². The topological polar surface area (TPSA) is 139 Å². The number of halogens is 1. The molecule has 1 atom stereocenters. The van der Waals surface area contributed by atoms with Crippen LogP contribution in [0, 0.1) is 10.1 Å². The van der Waals surface area contributed by atoms with Crippen molar-refractivity contribution in [2.75, 3.05) is 0 Å². The van der Waals surface area contributed by atoms with Gasteiger partial charge in [-0.2, -0.15) is 0 Å². The number of aromatic hydroxyl groups is 1. The summed E-state index contributed by atoms with van der Waals surface area (Å²) in [5, 5.41) is 32.0. The fraction of sp³-hybridized carbons (Fsp3) is 0.429. The van der Waals surface area contributed by atoms with E-state index in [0.717, 1.165) is 6.07 Å². The highest BCUT2D eigenvalue weighted by Crippen LogP contribution is 2.34. The van der Waals surface area contributed by atoms with E-state index in [0.29, 0.717) is 0 Å². The van der Waals surface area contributed by atoms with Gasteiger partial charge in [-0.1, -0.05) is 11.6 Å². The predicted octanol–water partition coefficient (Wildman–Crippen LogP) is 2.47. The summed E-state index contributed by atoms with van der Waals surface area (Å²) < 4.78 is 4.96. The number of hydrogen-bond donors (Lipinski definition) is 3. The standard InChI is InChI=1S/C14H17ClN2O7/c1-14(2,3)24-13(21)16-9(12(19)20)5-7-4-8(15)6-10(11(7)18)17(22)23/h4,6,9,18H,5H2,1-3H3,(H,16,21)(H,19,20). The molecule has 0 fully saturated rings. The van der Waals surface area contributed by atoms with Crippen molar-refractivity contribution >= 4 is 29.4 Å². The number of carbonyl (C=O) groups excluding carboxylic acids is 1. The maximum Gasteiger partial charge on any atom is 0.408 e. The number of carboxylic acids is 1. The first-order valence-electron chi connectivity index (χ1n) is 6.79. The van der Waals surface area contributed by atoms with Crippen LogP contribution in [-0.2, 0) is 16.0 Å². The molecule has 0 aliphatic carbocycles. The Hall–Kier alpha value is -2.55. The first-order chi connectivity index (χ1) is 10.9. The van der Waals surface area contributed by atoms with Crippen LogP contribution in [0.2, 0.25) is 5.02 Å². The van der Waals surface area contributed by atoms with Crippen LogP contribution in [0.5, 0.6) is 5.75 Å². The highest BCUT2D eigenvalue weighted by atomic mass is 35.5. The molecule has 1 aromatic carbocycles. The average Bonchev–Trinajstić information content (AvgIpc) is 2.38. The molecule has 0 aliphatic heterocycles. The zero-order valence-electron chi connectivity index (χ0n) is 13.2. The number of rotatable bonds is 5. The lowest BCUT2D eigenvalue weighted by Crippen LogP contribution is -2.44. The van der Waals surface area contributed by atoms with Gasteiger partial charge in [-0.25, -0.2) is 9.59 Å². The number of nitrogens with one attached hydrogen (secondary N) is 1. The minimum Gasteiger partial charge on any atom is -0.502 e. The molecule has 132 valence electrons. The van der Waals surface area contributed by atoms with Crippen LogP contribution in [0.4, 0.5) is 10.5 Å². The normalized spacial score (nSPS) is 12.3. The van der Waals surface area contributed by atoms with E-state index in [1.54, 1.807) is 20.8 Å². The van der Waals surface area contributed by atoms with Crippen molar-refractivity contribution in [2.24, 2.45) is 0 Å². The SMILES string of the molecule is CC(C)(C)OC(=O)NC(Cc1cc(Cl)cc([N+](=O)[O-])c1O)C(=O)O. The zero-order valence-corrected chi connectivity index (χ0v) is 14.0. The molecular weight excluding hydrogens is 344 g/mol. The van der Waals surface area contributed by atoms with E-state index >= 15 is 0 Å². The number of nitro benzene ring substituents is 1. The number of carboxylic acid groups (broad SMARTS) is 1. The van der Waals surface area contributed by atoms with Crippen molar-refractivity contribution < 1.29 is 29.5 Å². The van der Waals surface area contributed by atoms with Crippen molar-refractivity contribution in [2.45, 2.75) is 38.8 Å². The van der Waals surface area contributed by atoms with Gasteiger partial charge in [0.25, 0.3) is 0 Å². The van der Waals surface area contributed by atoms with Gasteiger partial charge in [0.1, 0.15) is 11.6 Å². The van der Waals surface area contributed by atoms with Crippen molar-refractivity contribution in [3.63, 3.8) is 0 Å². The van der Waals surface area contributed by atoms with Gasteiger partial charge in [-0.05, 0) is 26.8 Å². The van der Waals surface area contributed by atoms with Gasteiger partial charge in [0.2, 0.25) is 0 Å². The maximum absolute atomic E-state index is 11.7. The van der Waals surface area contributed by atoms with Gasteiger partial charge in [0.05, 0.1) is 4.92 Å². The third kappa shape index (κ3) is 5.58. The fourth-order valence-electron chi connectivity index (χ4n) is 1.80. The number of nitrogens with zero attached hydrogens (tertiary/aromatic N) is 1. The van der Waals surface area contributed by atoms with E-state index < -0.39 is 46.5 Å². The summed E-state index contributed by atoms with van der Waals surface area (Å²) in [5.41, 5.74) is -1.57. The molecule has 0 radical (unpaired) electrons. The number of amides is 1. The van der Waals surface area contributed by atoms with Gasteiger partial charge in [-0.3, -0.25) is 10.1 Å². The molecule has 1 amide bonds. The van der Waals surface area contributed by atoms with E-state index in [1.807, 2.05) is 0 Å². The monoisotopic (exact) mass is 360 g/mol. The van der Waals surface area contributed by atoms with Crippen molar-refractivity contribution in [1.29, 1.82) is 0 Å². The second kappa shape index (κ2) is 7.35. The molecule has 0 saturated carbocycles. The number of benzene rings is 1. The summed E-state index contributed by atoms with van der Waals surface area (Å²) in [6.07, 6.45) is -1.38. The van der Waals surface area contributed by atoms with Crippen molar-refractivity contribution in [3.05, 3.63) is 32.8 Å². The van der Waals surface area contributed by atoms with Gasteiger partial charge in [0, 0.05) is 23.1 Å². The summed E-state index contributed by atoms with van der Waals surface area (Å²) in [7, 11) is 0. The maximum atomic E-state index is 11.7. The van der Waals surface area contributed by atoms with Crippen molar-refractivity contribution in [3.8, 4) is 5.75 Å². The molecule has 0 bridgehead atoms. The smallest absolute Gasteiger partial charge is 0.408 e. The number of hydrogen-bond acceptors (Lipinski definition) is 6. The summed E-state index contributed by atoms with van der Waals surface area (Å²) >= 11 is 5.75. The first kappa shape index (κ1) is 19.5. The van der Waals surface area contributed by atoms with Crippen LogP contribution in [-0.4, -0.2) is 38.8 Å². The molecule has 1 rings (SSSR count). The van der Waals surface area contributed by atoms with Crippen molar-refractivity contribution in [1.82, 2.24) is 5.32 Å². The summed E-state index contributed by atoms with van der Waals surface area (Å²) in [4.78, 5) is 33.0. The number of ether oxygens (including phenoxy) is 1. The minimum atomic E-state index is -1.47. The van der Waals surface area contributed by atoms with Gasteiger partial charge >= 0.3 is 17.7 Å². The van der Waals surface area contributed by atoms with Crippen LogP contribution >= 0.6 is 11.6 Å². The third-order valence-electron chi connectivity index (χ3n) is 2.74. The van der Waals surface area contributed by atoms with Crippen LogP contribution in [0.25, 0.3) is 0 Å². The van der Waals surface area contributed by atoms with E-state index in [2.05, 4.69) is 5.32 Å². The number of aliphatic carboxylic acids is 1. The molecule has 3 N–H and O–H groups in total. The quantitative estimate of drug-likeness (QED) is 0.541. The Morgan fingerprint density at radius 1 is 1.42 bits per heavy atom. The summed E-state index contributed by atoms with van der Waals surface area (Å²) in [6.45, 7) is 4.82. The van der Waals surface area contributed by atoms with Crippen LogP contribution in [0.1, 0.15) is 26.3 Å². The number of phenolic OH excluding ortho intramolecular Hbond substituents is 1. The molecule has 0 saturated heterocycles. The Morgan fingerprint density at radius 2 is 2.00 bits per heavy atom. The van der Waals surface area contributed by atoms with E-state index in [1.165, 1.54) is 6.07 Å². The largest absolute Gasteiger partial charge is 0.502 e. The third-order valence-corrected chi connectivity index (χ3v) is 2.96. The second-order valence-corrected chi connectivity index (χ2v) is 6.37. The number of phenols is 1. The molecule has 1 unspecified atom stereocenters. The van der Waals surface area contributed by atoms with Crippen LogP contribution in [0.15, 0.2) is 12.1 Å². The van der Waals surface area contributed by atoms with Crippen LogP contribution < -0.4 is 5.32 Å². The number of carbonyl (C=O) groups is 2. The molecule has 10 heteroatoms. The Bertz CT molecular complexity index is 670. The molecule has 0 heterocycles. The summed E-state index contributed by atoms with van der Waals surface area (Å²) in [6, 6.07) is 0.664. The lowest BCUT2D eigenvalue weighted by atomic mass is 10.0. The second-order valence-electron chi connectivity index (χ2n) is 5.93. The molecule has 0 aromatic heterocycles. The number of alkyl carbamates (subject to hydrolysis) is 1. The Balaban J connectivity index is 3.04. The molecule has 0 aliphatic rings. The Kier molecular flexibility index (Phi) is 5.97. The lowest BCUT2D eigenvalue weighted by molar-refractivity contribution is -0.385. The fourth-order valence-corrected chi connectivity index (χ4v) is 2.04. The average molecular weight is 361 g/mol. The van der Waals surface area contributed by atoms with Gasteiger partial charge in [0.15, 0.2) is 5.75 Å². The van der Waals surface area contributed by atoms with E-state index in [4.69, 9.17) is 16.3 Å². The molecule has 1 aromatic rings. The molecular formula is C14H17ClN2O7. The Labute approximate surface area is 142 Å². The van der Waals surface area contributed by atoms with Gasteiger partial charge in [-0.15, -0.1) is 0 Å². The minimum absolute atomic E-state index is 0.0455. The van der Waals surface area contributed by atoms with Gasteiger partial charge < -0.3 is 20.3 Å². The first-order valence-corrected chi connectivity index (χ1v) is 7.16. The lowest BCUT2D eigenvalue weighted by Gasteiger charge is -2.22. The van der Waals surface area contributed by atoms with Crippen LogP contribution in [0.3, 0.4) is 0 Å². The zero-order chi connectivity index (χ0) is 18.7. The molecule has 24 heavy (non-hydrogen) atoms. The molecule has 9 nitrogen and oxygen atoms in total. The highest BCUT2D eigenvalue weighted by molar-refractivity contribution is 6.31.